The molecular weight excluding hydrogens is 312 g/mol. The molecule has 2 rings (SSSR count). The molecule has 0 bridgehead atoms. The van der Waals surface area contributed by atoms with Gasteiger partial charge in [-0.15, -0.1) is 0 Å². The molecule has 0 saturated heterocycles. The van der Waals surface area contributed by atoms with Crippen LogP contribution >= 0.6 is 15.9 Å². The molecule has 19 heavy (non-hydrogen) atoms. The van der Waals surface area contributed by atoms with Crippen LogP contribution in [0.5, 0.6) is 0 Å². The van der Waals surface area contributed by atoms with Gasteiger partial charge in [0.25, 0.3) is 0 Å². The molecule has 100 valence electrons. The van der Waals surface area contributed by atoms with Gasteiger partial charge in [0.15, 0.2) is 0 Å². The molecule has 1 nitrogen and oxygen atoms in total. The van der Waals surface area contributed by atoms with E-state index >= 15 is 0 Å². The SMILES string of the molecule is Cc1ccc(NC(C)c2ccc(F)c(Br)c2)cc1F. The molecule has 0 aliphatic rings. The summed E-state index contributed by atoms with van der Waals surface area (Å²) in [6, 6.07) is 9.81. The fourth-order valence-corrected chi connectivity index (χ4v) is 2.19. The van der Waals surface area contributed by atoms with Gasteiger partial charge in [-0.05, 0) is 65.2 Å². The lowest BCUT2D eigenvalue weighted by Gasteiger charge is -2.16. The van der Waals surface area contributed by atoms with E-state index in [0.717, 1.165) is 5.56 Å². The minimum atomic E-state index is -0.294. The fourth-order valence-electron chi connectivity index (χ4n) is 1.80. The average Bonchev–Trinajstić information content (AvgIpc) is 2.37. The Labute approximate surface area is 119 Å². The van der Waals surface area contributed by atoms with E-state index in [4.69, 9.17) is 0 Å². The zero-order valence-electron chi connectivity index (χ0n) is 10.7. The van der Waals surface area contributed by atoms with Crippen molar-refractivity contribution in [3.05, 3.63) is 63.6 Å². The molecule has 0 aliphatic carbocycles. The predicted molar refractivity (Wildman–Crippen MR) is 77.3 cm³/mol. The molecular formula is C15H14BrF2N. The van der Waals surface area contributed by atoms with E-state index in [9.17, 15) is 8.78 Å². The molecule has 1 atom stereocenters. The summed E-state index contributed by atoms with van der Waals surface area (Å²) in [6.07, 6.45) is 0. The molecule has 0 heterocycles. The fraction of sp³-hybridized carbons (Fsp3) is 0.200. The molecule has 0 saturated carbocycles. The third kappa shape index (κ3) is 3.32. The minimum Gasteiger partial charge on any atom is -0.378 e. The first kappa shape index (κ1) is 14.0. The Kier molecular flexibility index (Phi) is 4.20. The number of hydrogen-bond acceptors (Lipinski definition) is 1. The van der Waals surface area contributed by atoms with Gasteiger partial charge >= 0.3 is 0 Å². The smallest absolute Gasteiger partial charge is 0.137 e. The van der Waals surface area contributed by atoms with Crippen molar-refractivity contribution in [2.75, 3.05) is 5.32 Å². The van der Waals surface area contributed by atoms with Crippen molar-refractivity contribution in [3.8, 4) is 0 Å². The second kappa shape index (κ2) is 5.70. The van der Waals surface area contributed by atoms with Crippen LogP contribution in [0.25, 0.3) is 0 Å². The van der Waals surface area contributed by atoms with Crippen LogP contribution in [0.1, 0.15) is 24.1 Å². The molecule has 2 aromatic rings. The molecule has 4 heteroatoms. The number of hydrogen-bond donors (Lipinski definition) is 1. The normalized spacial score (nSPS) is 12.3. The Balaban J connectivity index is 2.17. The van der Waals surface area contributed by atoms with Crippen molar-refractivity contribution in [2.24, 2.45) is 0 Å². The van der Waals surface area contributed by atoms with Crippen LogP contribution in [0.2, 0.25) is 0 Å². The van der Waals surface area contributed by atoms with Gasteiger partial charge in [0.05, 0.1) is 4.47 Å². The van der Waals surface area contributed by atoms with Crippen LogP contribution in [-0.2, 0) is 0 Å². The summed E-state index contributed by atoms with van der Waals surface area (Å²) in [5, 5.41) is 3.19. The topological polar surface area (TPSA) is 12.0 Å². The van der Waals surface area contributed by atoms with Crippen molar-refractivity contribution in [1.29, 1.82) is 0 Å². The second-order valence-electron chi connectivity index (χ2n) is 4.50. The van der Waals surface area contributed by atoms with Crippen molar-refractivity contribution in [1.82, 2.24) is 0 Å². The first-order valence-corrected chi connectivity index (χ1v) is 6.74. The van der Waals surface area contributed by atoms with Crippen LogP contribution in [0.4, 0.5) is 14.5 Å². The van der Waals surface area contributed by atoms with Crippen LogP contribution in [-0.4, -0.2) is 0 Å². The van der Waals surface area contributed by atoms with Gasteiger partial charge in [-0.25, -0.2) is 8.78 Å². The first-order valence-electron chi connectivity index (χ1n) is 5.95. The van der Waals surface area contributed by atoms with Gasteiger partial charge in [-0.3, -0.25) is 0 Å². The highest BCUT2D eigenvalue weighted by Crippen LogP contribution is 2.24. The Morgan fingerprint density at radius 3 is 2.42 bits per heavy atom. The van der Waals surface area contributed by atoms with Crippen LogP contribution in [0, 0.1) is 18.6 Å². The van der Waals surface area contributed by atoms with Gasteiger partial charge in [0, 0.05) is 11.7 Å². The van der Waals surface area contributed by atoms with Crippen LogP contribution in [0.15, 0.2) is 40.9 Å². The zero-order chi connectivity index (χ0) is 14.0. The summed E-state index contributed by atoms with van der Waals surface area (Å²) < 4.78 is 27.0. The van der Waals surface area contributed by atoms with Crippen molar-refractivity contribution in [3.63, 3.8) is 0 Å². The highest BCUT2D eigenvalue weighted by molar-refractivity contribution is 9.10. The van der Waals surface area contributed by atoms with Crippen LogP contribution in [0.3, 0.4) is 0 Å². The van der Waals surface area contributed by atoms with Crippen molar-refractivity contribution < 1.29 is 8.78 Å². The van der Waals surface area contributed by atoms with Gasteiger partial charge < -0.3 is 5.32 Å². The third-order valence-electron chi connectivity index (χ3n) is 3.00. The lowest BCUT2D eigenvalue weighted by atomic mass is 10.1. The molecule has 1 N–H and O–H groups in total. The minimum absolute atomic E-state index is 0.0426. The summed E-state index contributed by atoms with van der Waals surface area (Å²) in [5.41, 5.74) is 2.24. The number of aryl methyl sites for hydroxylation is 1. The Morgan fingerprint density at radius 1 is 1.05 bits per heavy atom. The first-order chi connectivity index (χ1) is 8.97. The van der Waals surface area contributed by atoms with E-state index in [-0.39, 0.29) is 17.7 Å². The Morgan fingerprint density at radius 2 is 1.79 bits per heavy atom. The summed E-state index contributed by atoms with van der Waals surface area (Å²) in [4.78, 5) is 0. The molecule has 0 fully saturated rings. The van der Waals surface area contributed by atoms with Crippen molar-refractivity contribution in [2.45, 2.75) is 19.9 Å². The van der Waals surface area contributed by atoms with Crippen molar-refractivity contribution >= 4 is 21.6 Å². The molecule has 0 radical (unpaired) electrons. The van der Waals surface area contributed by atoms with E-state index in [1.54, 1.807) is 25.1 Å². The number of anilines is 1. The summed E-state index contributed by atoms with van der Waals surface area (Å²) in [5.74, 6) is -0.533. The van der Waals surface area contributed by atoms with E-state index < -0.39 is 0 Å². The van der Waals surface area contributed by atoms with Gasteiger partial charge in [-0.2, -0.15) is 0 Å². The summed E-state index contributed by atoms with van der Waals surface area (Å²) in [7, 11) is 0. The quantitative estimate of drug-likeness (QED) is 0.816. The van der Waals surface area contributed by atoms with E-state index in [2.05, 4.69) is 21.2 Å². The highest BCUT2D eigenvalue weighted by atomic mass is 79.9. The molecule has 0 amide bonds. The maximum atomic E-state index is 13.5. The van der Waals surface area contributed by atoms with Crippen LogP contribution < -0.4 is 5.32 Å². The summed E-state index contributed by atoms with van der Waals surface area (Å²) >= 11 is 3.16. The lowest BCUT2D eigenvalue weighted by Crippen LogP contribution is -2.07. The average molecular weight is 326 g/mol. The predicted octanol–water partition coefficient (Wildman–Crippen LogP) is 5.21. The second-order valence-corrected chi connectivity index (χ2v) is 5.36. The Hall–Kier alpha value is -1.42. The standard InChI is InChI=1S/C15H14BrF2N/c1-9-3-5-12(8-15(9)18)19-10(2)11-4-6-14(17)13(16)7-11/h3-8,10,19H,1-2H3. The molecule has 2 aromatic carbocycles. The molecule has 1 unspecified atom stereocenters. The number of benzene rings is 2. The number of nitrogens with one attached hydrogen (secondary N) is 1. The van der Waals surface area contributed by atoms with E-state index in [0.29, 0.717) is 15.7 Å². The number of rotatable bonds is 3. The monoisotopic (exact) mass is 325 g/mol. The number of halogens is 3. The zero-order valence-corrected chi connectivity index (χ0v) is 12.3. The Bertz CT molecular complexity index is 599. The van der Waals surface area contributed by atoms with Gasteiger partial charge in [0.2, 0.25) is 0 Å². The van der Waals surface area contributed by atoms with Gasteiger partial charge in [-0.1, -0.05) is 12.1 Å². The summed E-state index contributed by atoms with van der Waals surface area (Å²) in [6.45, 7) is 3.66. The van der Waals surface area contributed by atoms with E-state index in [1.807, 2.05) is 13.0 Å². The maximum Gasteiger partial charge on any atom is 0.137 e. The highest BCUT2D eigenvalue weighted by Gasteiger charge is 2.09. The molecule has 0 aromatic heterocycles. The van der Waals surface area contributed by atoms with Gasteiger partial charge in [0.1, 0.15) is 11.6 Å². The lowest BCUT2D eigenvalue weighted by molar-refractivity contribution is 0.618. The maximum absolute atomic E-state index is 13.5. The van der Waals surface area contributed by atoms with E-state index in [1.165, 1.54) is 12.1 Å². The third-order valence-corrected chi connectivity index (χ3v) is 3.61. The molecule has 0 aliphatic heterocycles. The largest absolute Gasteiger partial charge is 0.378 e. The molecule has 0 spiro atoms.